The lowest BCUT2D eigenvalue weighted by Crippen LogP contribution is -2.42. The maximum Gasteiger partial charge on any atom is 0.0210 e. The minimum absolute atomic E-state index is 0.471. The van der Waals surface area contributed by atoms with Crippen LogP contribution in [0.4, 0.5) is 0 Å². The number of rotatable bonds is 4. The van der Waals surface area contributed by atoms with Crippen LogP contribution < -0.4 is 5.32 Å². The van der Waals surface area contributed by atoms with E-state index < -0.39 is 0 Å². The number of nitrogens with one attached hydrogen (secondary N) is 1. The molecule has 112 valence electrons. The molecule has 0 unspecified atom stereocenters. The molecule has 0 amide bonds. The number of piperidine rings is 1. The van der Waals surface area contributed by atoms with Crippen molar-refractivity contribution in [3.63, 3.8) is 0 Å². The summed E-state index contributed by atoms with van der Waals surface area (Å²) >= 11 is 0. The van der Waals surface area contributed by atoms with E-state index in [-0.39, 0.29) is 0 Å². The van der Waals surface area contributed by atoms with Crippen molar-refractivity contribution in [1.82, 2.24) is 10.2 Å². The zero-order valence-electron chi connectivity index (χ0n) is 13.8. The van der Waals surface area contributed by atoms with Crippen LogP contribution in [0.15, 0.2) is 12.1 Å². The molecule has 2 nitrogen and oxygen atoms in total. The predicted octanol–water partition coefficient (Wildman–Crippen LogP) is 3.43. The highest BCUT2D eigenvalue weighted by molar-refractivity contribution is 5.37. The van der Waals surface area contributed by atoms with Crippen LogP contribution in [-0.2, 0) is 6.54 Å². The number of likely N-dealkylation sites (tertiary alicyclic amines) is 1. The SMILES string of the molecule is Cc1cc(C)c(CNCC2(C)CCN(C)CC2)c(C)c1. The van der Waals surface area contributed by atoms with E-state index in [9.17, 15) is 0 Å². The quantitative estimate of drug-likeness (QED) is 0.905. The highest BCUT2D eigenvalue weighted by Crippen LogP contribution is 2.29. The standard InChI is InChI=1S/C18H30N2/c1-14-10-15(2)17(16(3)11-14)12-19-13-18(4)6-8-20(5)9-7-18/h10-11,19H,6-9,12-13H2,1-5H3. The highest BCUT2D eigenvalue weighted by Gasteiger charge is 2.28. The number of hydrogen-bond acceptors (Lipinski definition) is 2. The molecule has 1 saturated heterocycles. The van der Waals surface area contributed by atoms with Crippen molar-refractivity contribution >= 4 is 0 Å². The maximum absolute atomic E-state index is 3.71. The summed E-state index contributed by atoms with van der Waals surface area (Å²) in [6.45, 7) is 13.7. The summed E-state index contributed by atoms with van der Waals surface area (Å²) in [5, 5.41) is 3.71. The molecule has 1 heterocycles. The molecule has 1 fully saturated rings. The van der Waals surface area contributed by atoms with Gasteiger partial charge in [0.2, 0.25) is 0 Å². The normalized spacial score (nSPS) is 19.2. The first-order chi connectivity index (χ1) is 9.39. The van der Waals surface area contributed by atoms with Crippen molar-refractivity contribution < 1.29 is 0 Å². The Hall–Kier alpha value is -0.860. The lowest BCUT2D eigenvalue weighted by atomic mass is 9.80. The van der Waals surface area contributed by atoms with Crippen LogP contribution in [0.25, 0.3) is 0 Å². The zero-order chi connectivity index (χ0) is 14.8. The van der Waals surface area contributed by atoms with Gasteiger partial charge in [-0.25, -0.2) is 0 Å². The molecular weight excluding hydrogens is 244 g/mol. The minimum Gasteiger partial charge on any atom is -0.312 e. The van der Waals surface area contributed by atoms with Crippen molar-refractivity contribution in [1.29, 1.82) is 0 Å². The van der Waals surface area contributed by atoms with E-state index in [0.717, 1.165) is 13.1 Å². The van der Waals surface area contributed by atoms with Crippen molar-refractivity contribution in [3.8, 4) is 0 Å². The Labute approximate surface area is 124 Å². The van der Waals surface area contributed by atoms with E-state index in [4.69, 9.17) is 0 Å². The molecule has 0 aromatic heterocycles. The predicted molar refractivity (Wildman–Crippen MR) is 87.2 cm³/mol. The number of aryl methyl sites for hydroxylation is 3. The van der Waals surface area contributed by atoms with E-state index in [2.05, 4.69) is 57.1 Å². The monoisotopic (exact) mass is 274 g/mol. The van der Waals surface area contributed by atoms with E-state index >= 15 is 0 Å². The van der Waals surface area contributed by atoms with Gasteiger partial charge in [0.25, 0.3) is 0 Å². The summed E-state index contributed by atoms with van der Waals surface area (Å²) in [6, 6.07) is 4.59. The molecule has 1 aromatic carbocycles. The molecule has 2 rings (SSSR count). The van der Waals surface area contributed by atoms with Gasteiger partial charge in [-0.2, -0.15) is 0 Å². The lowest BCUT2D eigenvalue weighted by molar-refractivity contribution is 0.137. The fourth-order valence-electron chi connectivity index (χ4n) is 3.31. The largest absolute Gasteiger partial charge is 0.312 e. The molecule has 20 heavy (non-hydrogen) atoms. The number of hydrogen-bond donors (Lipinski definition) is 1. The molecule has 0 spiro atoms. The van der Waals surface area contributed by atoms with Gasteiger partial charge in [0.05, 0.1) is 0 Å². The van der Waals surface area contributed by atoms with Crippen molar-refractivity contribution in [2.24, 2.45) is 5.41 Å². The minimum atomic E-state index is 0.471. The second-order valence-corrected chi connectivity index (χ2v) is 7.09. The molecule has 2 heteroatoms. The van der Waals surface area contributed by atoms with Crippen LogP contribution in [0.1, 0.15) is 42.0 Å². The van der Waals surface area contributed by atoms with Gasteiger partial charge in [0.15, 0.2) is 0 Å². The first-order valence-electron chi connectivity index (χ1n) is 7.86. The second kappa shape index (κ2) is 6.28. The molecule has 1 aliphatic heterocycles. The average molecular weight is 274 g/mol. The molecule has 1 aromatic rings. The number of benzene rings is 1. The molecule has 0 radical (unpaired) electrons. The fraction of sp³-hybridized carbons (Fsp3) is 0.667. The van der Waals surface area contributed by atoms with Crippen LogP contribution in [0, 0.1) is 26.2 Å². The third-order valence-electron chi connectivity index (χ3n) is 4.89. The summed E-state index contributed by atoms with van der Waals surface area (Å²) in [4.78, 5) is 2.44. The van der Waals surface area contributed by atoms with Gasteiger partial charge in [0, 0.05) is 13.1 Å². The molecule has 0 saturated carbocycles. The van der Waals surface area contributed by atoms with E-state index in [1.807, 2.05) is 0 Å². The summed E-state index contributed by atoms with van der Waals surface area (Å²) in [5.74, 6) is 0. The van der Waals surface area contributed by atoms with Gasteiger partial charge < -0.3 is 10.2 Å². The summed E-state index contributed by atoms with van der Waals surface area (Å²) < 4.78 is 0. The Morgan fingerprint density at radius 1 is 1.10 bits per heavy atom. The topological polar surface area (TPSA) is 15.3 Å². The smallest absolute Gasteiger partial charge is 0.0210 e. The molecule has 0 bridgehead atoms. The number of nitrogens with zero attached hydrogens (tertiary/aromatic N) is 1. The van der Waals surface area contributed by atoms with E-state index in [1.165, 1.54) is 48.2 Å². The Balaban J connectivity index is 1.90. The third kappa shape index (κ3) is 3.83. The van der Waals surface area contributed by atoms with Gasteiger partial charge in [0.1, 0.15) is 0 Å². The van der Waals surface area contributed by atoms with Crippen molar-refractivity contribution in [2.75, 3.05) is 26.7 Å². The molecule has 1 aliphatic rings. The van der Waals surface area contributed by atoms with Gasteiger partial charge in [-0.15, -0.1) is 0 Å². The Kier molecular flexibility index (Phi) is 4.87. The average Bonchev–Trinajstić information content (AvgIpc) is 2.37. The maximum atomic E-state index is 3.71. The van der Waals surface area contributed by atoms with E-state index in [0.29, 0.717) is 5.41 Å². The summed E-state index contributed by atoms with van der Waals surface area (Å²) in [6.07, 6.45) is 2.62. The Morgan fingerprint density at radius 2 is 1.65 bits per heavy atom. The first-order valence-corrected chi connectivity index (χ1v) is 7.86. The van der Waals surface area contributed by atoms with E-state index in [1.54, 1.807) is 0 Å². The van der Waals surface area contributed by atoms with Crippen LogP contribution >= 0.6 is 0 Å². The van der Waals surface area contributed by atoms with Crippen LogP contribution in [0.5, 0.6) is 0 Å². The molecule has 0 atom stereocenters. The van der Waals surface area contributed by atoms with Gasteiger partial charge in [-0.3, -0.25) is 0 Å². The molecule has 0 aliphatic carbocycles. The Bertz CT molecular complexity index is 433. The highest BCUT2D eigenvalue weighted by atomic mass is 15.1. The fourth-order valence-corrected chi connectivity index (χ4v) is 3.31. The van der Waals surface area contributed by atoms with Gasteiger partial charge in [-0.05, 0) is 75.9 Å². The molecular formula is C18H30N2. The van der Waals surface area contributed by atoms with Crippen molar-refractivity contribution in [3.05, 3.63) is 34.4 Å². The Morgan fingerprint density at radius 3 is 2.20 bits per heavy atom. The third-order valence-corrected chi connectivity index (χ3v) is 4.89. The van der Waals surface area contributed by atoms with Crippen LogP contribution in [0.3, 0.4) is 0 Å². The summed E-state index contributed by atoms with van der Waals surface area (Å²) in [5.41, 5.74) is 6.16. The van der Waals surface area contributed by atoms with Crippen LogP contribution in [-0.4, -0.2) is 31.6 Å². The van der Waals surface area contributed by atoms with Crippen molar-refractivity contribution in [2.45, 2.75) is 47.1 Å². The second-order valence-electron chi connectivity index (χ2n) is 7.09. The first kappa shape index (κ1) is 15.5. The van der Waals surface area contributed by atoms with Gasteiger partial charge >= 0.3 is 0 Å². The summed E-state index contributed by atoms with van der Waals surface area (Å²) in [7, 11) is 2.23. The molecule has 1 N–H and O–H groups in total. The zero-order valence-corrected chi connectivity index (χ0v) is 13.8. The van der Waals surface area contributed by atoms with Crippen LogP contribution in [0.2, 0.25) is 0 Å². The van der Waals surface area contributed by atoms with Gasteiger partial charge in [-0.1, -0.05) is 24.6 Å². The lowest BCUT2D eigenvalue weighted by Gasteiger charge is -2.38.